The van der Waals surface area contributed by atoms with Gasteiger partial charge in [0.05, 0.1) is 18.9 Å². The molecule has 0 saturated heterocycles. The maximum absolute atomic E-state index is 12.0. The van der Waals surface area contributed by atoms with Gasteiger partial charge in [-0.15, -0.1) is 0 Å². The molecule has 0 radical (unpaired) electrons. The van der Waals surface area contributed by atoms with Gasteiger partial charge in [-0.3, -0.25) is 4.79 Å². The zero-order valence-electron chi connectivity index (χ0n) is 8.94. The van der Waals surface area contributed by atoms with Crippen molar-refractivity contribution in [3.63, 3.8) is 0 Å². The number of nitrogens with one attached hydrogen (secondary N) is 1. The van der Waals surface area contributed by atoms with Crippen LogP contribution in [0.4, 0.5) is 14.6 Å². The predicted molar refractivity (Wildman–Crippen MR) is 54.5 cm³/mol. The van der Waals surface area contributed by atoms with Crippen LogP contribution in [0.5, 0.6) is 0 Å². The van der Waals surface area contributed by atoms with Gasteiger partial charge in [0.2, 0.25) is 0 Å². The van der Waals surface area contributed by atoms with Gasteiger partial charge in [-0.25, -0.2) is 18.7 Å². The standard InChI is InChI=1S/C9H12F2N4O/c1-12-8-4-13-6(3-14-8)9(16)15(2)5-7(10)11/h3-4,7H,5H2,1-2H3,(H,12,14). The normalized spacial score (nSPS) is 10.3. The average molecular weight is 230 g/mol. The molecular weight excluding hydrogens is 218 g/mol. The highest BCUT2D eigenvalue weighted by Crippen LogP contribution is 2.04. The Kier molecular flexibility index (Phi) is 4.10. The molecule has 1 rings (SSSR count). The number of hydrogen-bond acceptors (Lipinski definition) is 4. The lowest BCUT2D eigenvalue weighted by molar-refractivity contribution is 0.0615. The van der Waals surface area contributed by atoms with Crippen molar-refractivity contribution in [3.05, 3.63) is 18.1 Å². The molecule has 0 bridgehead atoms. The Hall–Kier alpha value is -1.79. The monoisotopic (exact) mass is 230 g/mol. The fraction of sp³-hybridized carbons (Fsp3) is 0.444. The van der Waals surface area contributed by atoms with E-state index in [2.05, 4.69) is 15.3 Å². The zero-order valence-corrected chi connectivity index (χ0v) is 8.94. The number of aromatic nitrogens is 2. The maximum Gasteiger partial charge on any atom is 0.273 e. The van der Waals surface area contributed by atoms with Gasteiger partial charge in [0.25, 0.3) is 12.3 Å². The van der Waals surface area contributed by atoms with Crippen LogP contribution in [0.25, 0.3) is 0 Å². The summed E-state index contributed by atoms with van der Waals surface area (Å²) in [6.45, 7) is -0.617. The largest absolute Gasteiger partial charge is 0.372 e. The number of carbonyl (C=O) groups excluding carboxylic acids is 1. The van der Waals surface area contributed by atoms with Crippen molar-refractivity contribution in [2.75, 3.05) is 26.0 Å². The Morgan fingerprint density at radius 1 is 1.50 bits per heavy atom. The number of anilines is 1. The van der Waals surface area contributed by atoms with E-state index in [-0.39, 0.29) is 5.69 Å². The van der Waals surface area contributed by atoms with E-state index in [1.807, 2.05) is 0 Å². The topological polar surface area (TPSA) is 58.1 Å². The zero-order chi connectivity index (χ0) is 12.1. The maximum atomic E-state index is 12.0. The van der Waals surface area contributed by atoms with Crippen LogP contribution in [0, 0.1) is 0 Å². The van der Waals surface area contributed by atoms with E-state index >= 15 is 0 Å². The van der Waals surface area contributed by atoms with E-state index in [0.717, 1.165) is 4.90 Å². The van der Waals surface area contributed by atoms with Crippen LogP contribution in [0.2, 0.25) is 0 Å². The highest BCUT2D eigenvalue weighted by molar-refractivity contribution is 5.91. The van der Waals surface area contributed by atoms with E-state index < -0.39 is 18.9 Å². The molecule has 16 heavy (non-hydrogen) atoms. The first kappa shape index (κ1) is 12.3. The SMILES string of the molecule is CNc1cnc(C(=O)N(C)CC(F)F)cn1. The number of amides is 1. The van der Waals surface area contributed by atoms with Crippen LogP contribution in [0.15, 0.2) is 12.4 Å². The summed E-state index contributed by atoms with van der Waals surface area (Å²) < 4.78 is 24.1. The third-order valence-electron chi connectivity index (χ3n) is 1.89. The summed E-state index contributed by atoms with van der Waals surface area (Å²) in [6, 6.07) is 0. The van der Waals surface area contributed by atoms with Gasteiger partial charge in [0.1, 0.15) is 11.5 Å². The number of halogens is 2. The third kappa shape index (κ3) is 3.11. The van der Waals surface area contributed by atoms with Crippen LogP contribution in [-0.4, -0.2) is 47.8 Å². The van der Waals surface area contributed by atoms with Crippen LogP contribution >= 0.6 is 0 Å². The molecule has 0 saturated carbocycles. The number of carbonyl (C=O) groups is 1. The smallest absolute Gasteiger partial charge is 0.273 e. The molecule has 0 unspecified atom stereocenters. The van der Waals surface area contributed by atoms with Gasteiger partial charge in [0, 0.05) is 14.1 Å². The van der Waals surface area contributed by atoms with Gasteiger partial charge in [-0.1, -0.05) is 0 Å². The van der Waals surface area contributed by atoms with Gasteiger partial charge in [-0.2, -0.15) is 0 Å². The summed E-state index contributed by atoms with van der Waals surface area (Å²) >= 11 is 0. The van der Waals surface area contributed by atoms with Crippen molar-refractivity contribution in [2.24, 2.45) is 0 Å². The second kappa shape index (κ2) is 5.34. The van der Waals surface area contributed by atoms with E-state index in [4.69, 9.17) is 0 Å². The lowest BCUT2D eigenvalue weighted by Crippen LogP contribution is -2.31. The predicted octanol–water partition coefficient (Wildman–Crippen LogP) is 0.855. The quantitative estimate of drug-likeness (QED) is 0.833. The number of rotatable bonds is 4. The molecule has 0 aliphatic rings. The Balaban J connectivity index is 2.72. The Labute approximate surface area is 91.5 Å². The molecule has 5 nitrogen and oxygen atoms in total. The average Bonchev–Trinajstić information content (AvgIpc) is 2.27. The molecule has 1 aromatic rings. The molecule has 1 heterocycles. The molecule has 0 aliphatic heterocycles. The minimum atomic E-state index is -2.56. The van der Waals surface area contributed by atoms with Crippen molar-refractivity contribution in [1.82, 2.24) is 14.9 Å². The van der Waals surface area contributed by atoms with Gasteiger partial charge in [-0.05, 0) is 0 Å². The summed E-state index contributed by atoms with van der Waals surface area (Å²) in [6.07, 6.45) is 0.0537. The first-order valence-corrected chi connectivity index (χ1v) is 4.58. The first-order chi connectivity index (χ1) is 7.54. The summed E-state index contributed by atoms with van der Waals surface area (Å²) in [4.78, 5) is 20.1. The summed E-state index contributed by atoms with van der Waals surface area (Å²) in [5.41, 5.74) is 0.0437. The van der Waals surface area contributed by atoms with Crippen molar-refractivity contribution in [3.8, 4) is 0 Å². The van der Waals surface area contributed by atoms with Crippen LogP contribution in [0.3, 0.4) is 0 Å². The summed E-state index contributed by atoms with van der Waals surface area (Å²) in [5, 5.41) is 2.74. The minimum Gasteiger partial charge on any atom is -0.372 e. The van der Waals surface area contributed by atoms with E-state index in [1.54, 1.807) is 7.05 Å². The molecule has 0 aliphatic carbocycles. The molecule has 0 atom stereocenters. The van der Waals surface area contributed by atoms with Gasteiger partial charge >= 0.3 is 0 Å². The van der Waals surface area contributed by atoms with Gasteiger partial charge in [0.15, 0.2) is 0 Å². The van der Waals surface area contributed by atoms with Crippen molar-refractivity contribution in [2.45, 2.75) is 6.43 Å². The van der Waals surface area contributed by atoms with E-state index in [9.17, 15) is 13.6 Å². The molecular formula is C9H12F2N4O. The lowest BCUT2D eigenvalue weighted by atomic mass is 10.4. The number of hydrogen-bond donors (Lipinski definition) is 1. The van der Waals surface area contributed by atoms with E-state index in [0.29, 0.717) is 5.82 Å². The Bertz CT molecular complexity index is 355. The molecule has 1 N–H and O–H groups in total. The second-order valence-electron chi connectivity index (χ2n) is 3.11. The molecule has 0 aromatic carbocycles. The van der Waals surface area contributed by atoms with Crippen LogP contribution < -0.4 is 5.32 Å². The van der Waals surface area contributed by atoms with Crippen LogP contribution in [0.1, 0.15) is 10.5 Å². The molecule has 1 amide bonds. The minimum absolute atomic E-state index is 0.0437. The fourth-order valence-electron chi connectivity index (χ4n) is 1.05. The fourth-order valence-corrected chi connectivity index (χ4v) is 1.05. The van der Waals surface area contributed by atoms with Crippen molar-refractivity contribution >= 4 is 11.7 Å². The highest BCUT2D eigenvalue weighted by Gasteiger charge is 2.17. The van der Waals surface area contributed by atoms with Crippen LogP contribution in [-0.2, 0) is 0 Å². The molecule has 7 heteroatoms. The summed E-state index contributed by atoms with van der Waals surface area (Å²) in [7, 11) is 2.95. The van der Waals surface area contributed by atoms with E-state index in [1.165, 1.54) is 19.4 Å². The molecule has 0 spiro atoms. The third-order valence-corrected chi connectivity index (χ3v) is 1.89. The summed E-state index contributed by atoms with van der Waals surface area (Å²) in [5.74, 6) is -0.0662. The lowest BCUT2D eigenvalue weighted by Gasteiger charge is -2.15. The number of alkyl halides is 2. The molecule has 1 aromatic heterocycles. The second-order valence-corrected chi connectivity index (χ2v) is 3.11. The van der Waals surface area contributed by atoms with Gasteiger partial charge < -0.3 is 10.2 Å². The van der Waals surface area contributed by atoms with Crippen molar-refractivity contribution < 1.29 is 13.6 Å². The number of nitrogens with zero attached hydrogens (tertiary/aromatic N) is 3. The molecule has 88 valence electrons. The van der Waals surface area contributed by atoms with Crippen molar-refractivity contribution in [1.29, 1.82) is 0 Å². The Morgan fingerprint density at radius 2 is 2.19 bits per heavy atom. The molecule has 0 fully saturated rings. The highest BCUT2D eigenvalue weighted by atomic mass is 19.3. The first-order valence-electron chi connectivity index (χ1n) is 4.58. The Morgan fingerprint density at radius 3 is 2.62 bits per heavy atom.